The summed E-state index contributed by atoms with van der Waals surface area (Å²) in [4.78, 5) is 15.0. The number of aromatic nitrogens is 5. The fourth-order valence-electron chi connectivity index (χ4n) is 5.81. The van der Waals surface area contributed by atoms with Crippen LogP contribution >= 0.6 is 0 Å². The van der Waals surface area contributed by atoms with E-state index in [1.165, 1.54) is 37.6 Å². The fraction of sp³-hybridized carbons (Fsp3) is 0.265. The van der Waals surface area contributed by atoms with Gasteiger partial charge >= 0.3 is 0 Å². The minimum atomic E-state index is -0.260. The summed E-state index contributed by atoms with van der Waals surface area (Å²) in [7, 11) is 0. The van der Waals surface area contributed by atoms with Gasteiger partial charge in [-0.25, -0.2) is 4.39 Å². The summed E-state index contributed by atoms with van der Waals surface area (Å²) >= 11 is 0. The van der Waals surface area contributed by atoms with Crippen LogP contribution in [-0.2, 0) is 6.42 Å². The van der Waals surface area contributed by atoms with Gasteiger partial charge in [-0.05, 0) is 117 Å². The average Bonchev–Trinajstić information content (AvgIpc) is 3.72. The Kier molecular flexibility index (Phi) is 7.61. The molecule has 0 radical (unpaired) electrons. The van der Waals surface area contributed by atoms with Gasteiger partial charge in [-0.1, -0.05) is 18.7 Å². The summed E-state index contributed by atoms with van der Waals surface area (Å²) in [6.45, 7) is 11.9. The number of hydrogen-bond acceptors (Lipinski definition) is 4. The number of halogens is 1. The number of benzene rings is 1. The van der Waals surface area contributed by atoms with Crippen LogP contribution in [0.4, 0.5) is 4.39 Å². The highest BCUT2D eigenvalue weighted by molar-refractivity contribution is 5.97. The van der Waals surface area contributed by atoms with E-state index in [2.05, 4.69) is 54.8 Å². The molecule has 1 aliphatic rings. The van der Waals surface area contributed by atoms with Crippen molar-refractivity contribution in [1.29, 1.82) is 0 Å². The Balaban J connectivity index is 1.32. The Morgan fingerprint density at radius 3 is 2.68 bits per heavy atom. The Bertz CT molecular complexity index is 1820. The van der Waals surface area contributed by atoms with Gasteiger partial charge < -0.3 is 9.88 Å². The summed E-state index contributed by atoms with van der Waals surface area (Å²) < 4.78 is 14.2. The molecular formula is C34H35FN6. The second kappa shape index (κ2) is 11.6. The fourth-order valence-corrected chi connectivity index (χ4v) is 5.81. The van der Waals surface area contributed by atoms with Crippen molar-refractivity contribution in [3.05, 3.63) is 94.8 Å². The number of hydrogen-bond donors (Lipinski definition) is 2. The number of likely N-dealkylation sites (tertiary alicyclic amines) is 1. The number of H-pyrrole nitrogens is 2. The maximum absolute atomic E-state index is 14.2. The van der Waals surface area contributed by atoms with Gasteiger partial charge in [0.1, 0.15) is 11.5 Å². The van der Waals surface area contributed by atoms with Gasteiger partial charge in [0.15, 0.2) is 0 Å². The van der Waals surface area contributed by atoms with Crippen LogP contribution in [0.2, 0.25) is 0 Å². The molecule has 2 N–H and O–H groups in total. The SMILES string of the molecule is C=C(/C=c1/c(-c2cc3c(-c4cc(C)cc(F)c4)cncc3[nH]2)n[nH]/c1=C/C)c1cncc(CCCN2CCCC2)c1. The summed E-state index contributed by atoms with van der Waals surface area (Å²) in [5.41, 5.74) is 8.13. The van der Waals surface area contributed by atoms with E-state index in [4.69, 9.17) is 0 Å². The number of aromatic amines is 2. The van der Waals surface area contributed by atoms with Crippen molar-refractivity contribution in [3.63, 3.8) is 0 Å². The lowest BCUT2D eigenvalue weighted by Crippen LogP contribution is -2.23. The molecule has 4 aromatic heterocycles. The Hall–Kier alpha value is -4.36. The Morgan fingerprint density at radius 1 is 1.05 bits per heavy atom. The smallest absolute Gasteiger partial charge is 0.124 e. The molecule has 6 nitrogen and oxygen atoms in total. The van der Waals surface area contributed by atoms with Crippen LogP contribution < -0.4 is 10.6 Å². The van der Waals surface area contributed by atoms with E-state index in [9.17, 15) is 4.39 Å². The molecular weight excluding hydrogens is 511 g/mol. The van der Waals surface area contributed by atoms with Gasteiger partial charge in [0.05, 0.1) is 22.8 Å². The third-order valence-electron chi connectivity index (χ3n) is 7.90. The zero-order valence-corrected chi connectivity index (χ0v) is 23.7. The van der Waals surface area contributed by atoms with Crippen LogP contribution in [-0.4, -0.2) is 49.7 Å². The van der Waals surface area contributed by atoms with Crippen LogP contribution in [0.1, 0.15) is 42.9 Å². The lowest BCUT2D eigenvalue weighted by molar-refractivity contribution is 0.334. The molecule has 1 saturated heterocycles. The van der Waals surface area contributed by atoms with Crippen molar-refractivity contribution in [1.82, 2.24) is 30.0 Å². The first kappa shape index (κ1) is 26.8. The molecule has 208 valence electrons. The number of pyridine rings is 2. The van der Waals surface area contributed by atoms with E-state index in [-0.39, 0.29) is 5.82 Å². The second-order valence-electron chi connectivity index (χ2n) is 10.9. The zero-order chi connectivity index (χ0) is 28.3. The predicted molar refractivity (Wildman–Crippen MR) is 165 cm³/mol. The maximum Gasteiger partial charge on any atom is 0.124 e. The topological polar surface area (TPSA) is 73.5 Å². The van der Waals surface area contributed by atoms with Gasteiger partial charge in [0.2, 0.25) is 0 Å². The van der Waals surface area contributed by atoms with E-state index in [1.807, 2.05) is 38.4 Å². The van der Waals surface area contributed by atoms with E-state index >= 15 is 0 Å². The van der Waals surface area contributed by atoms with Gasteiger partial charge in [0, 0.05) is 34.8 Å². The first-order valence-electron chi connectivity index (χ1n) is 14.3. The monoisotopic (exact) mass is 546 g/mol. The summed E-state index contributed by atoms with van der Waals surface area (Å²) in [5.74, 6) is -0.260. The third kappa shape index (κ3) is 5.77. The number of nitrogens with zero attached hydrogens (tertiary/aromatic N) is 4. The van der Waals surface area contributed by atoms with Gasteiger partial charge in [0.25, 0.3) is 0 Å². The molecule has 5 aromatic rings. The van der Waals surface area contributed by atoms with Gasteiger partial charge in [-0.2, -0.15) is 5.10 Å². The molecule has 0 saturated carbocycles. The molecule has 1 fully saturated rings. The summed E-state index contributed by atoms with van der Waals surface area (Å²) in [6, 6.07) is 9.31. The molecule has 0 aliphatic carbocycles. The highest BCUT2D eigenvalue weighted by atomic mass is 19.1. The molecule has 7 heteroatoms. The molecule has 1 aromatic carbocycles. The van der Waals surface area contributed by atoms with Gasteiger partial charge in [-0.3, -0.25) is 15.1 Å². The van der Waals surface area contributed by atoms with Crippen LogP contribution in [0, 0.1) is 12.7 Å². The molecule has 0 spiro atoms. The predicted octanol–water partition coefficient (Wildman–Crippen LogP) is 5.79. The lowest BCUT2D eigenvalue weighted by atomic mass is 10.0. The summed E-state index contributed by atoms with van der Waals surface area (Å²) in [6.07, 6.45) is 16.3. The third-order valence-corrected chi connectivity index (χ3v) is 7.90. The van der Waals surface area contributed by atoms with E-state index in [1.54, 1.807) is 18.5 Å². The first-order chi connectivity index (χ1) is 20.0. The minimum absolute atomic E-state index is 0.260. The number of fused-ring (bicyclic) bond motifs is 1. The average molecular weight is 547 g/mol. The van der Waals surface area contributed by atoms with Crippen molar-refractivity contribution >= 4 is 28.6 Å². The Labute approximate surface area is 239 Å². The highest BCUT2D eigenvalue weighted by Crippen LogP contribution is 2.31. The van der Waals surface area contributed by atoms with Crippen LogP contribution in [0.15, 0.2) is 61.7 Å². The van der Waals surface area contributed by atoms with Crippen LogP contribution in [0.25, 0.3) is 51.1 Å². The standard InChI is InChI=1S/C34H35FN6/c1-4-31-29(14-23(3)26-15-24(18-36-19-26)8-7-11-41-9-5-6-10-41)34(40-39-31)32-17-28-30(20-37-21-33(28)38-32)25-12-22(2)13-27(35)16-25/h4,12-21,38-39H,3,5-11H2,1-2H3/b29-14+,31-4+. The molecule has 6 rings (SSSR count). The second-order valence-corrected chi connectivity index (χ2v) is 10.9. The van der Waals surface area contributed by atoms with Crippen LogP contribution in [0.5, 0.6) is 0 Å². The minimum Gasteiger partial charge on any atom is -0.352 e. The molecule has 0 unspecified atom stereocenters. The largest absolute Gasteiger partial charge is 0.352 e. The van der Waals surface area contributed by atoms with Crippen molar-refractivity contribution in [2.24, 2.45) is 0 Å². The van der Waals surface area contributed by atoms with Crippen molar-refractivity contribution in [2.75, 3.05) is 19.6 Å². The number of rotatable bonds is 8. The molecule has 1 aliphatic heterocycles. The van der Waals surface area contributed by atoms with E-state index < -0.39 is 0 Å². The normalized spacial score (nSPS) is 14.9. The number of nitrogens with one attached hydrogen (secondary N) is 2. The quantitative estimate of drug-likeness (QED) is 0.259. The Morgan fingerprint density at radius 2 is 1.88 bits per heavy atom. The molecule has 0 bridgehead atoms. The molecule has 41 heavy (non-hydrogen) atoms. The molecule has 0 amide bonds. The molecule has 0 atom stereocenters. The lowest BCUT2D eigenvalue weighted by Gasteiger charge is -2.14. The molecule has 5 heterocycles. The zero-order valence-electron chi connectivity index (χ0n) is 23.7. The maximum atomic E-state index is 14.2. The number of allylic oxidation sites excluding steroid dienone is 1. The van der Waals surface area contributed by atoms with Gasteiger partial charge in [-0.15, -0.1) is 0 Å². The van der Waals surface area contributed by atoms with Crippen molar-refractivity contribution in [3.8, 4) is 22.5 Å². The number of aryl methyl sites for hydroxylation is 2. The van der Waals surface area contributed by atoms with Crippen LogP contribution in [0.3, 0.4) is 0 Å². The van der Waals surface area contributed by atoms with E-state index in [0.29, 0.717) is 0 Å². The summed E-state index contributed by atoms with van der Waals surface area (Å²) in [5, 5.41) is 10.6. The van der Waals surface area contributed by atoms with Crippen molar-refractivity contribution in [2.45, 2.75) is 39.5 Å². The highest BCUT2D eigenvalue weighted by Gasteiger charge is 2.14. The van der Waals surface area contributed by atoms with E-state index in [0.717, 1.165) is 80.1 Å². The first-order valence-corrected chi connectivity index (χ1v) is 14.3. The van der Waals surface area contributed by atoms with Crippen molar-refractivity contribution < 1.29 is 4.39 Å².